The minimum Gasteiger partial charge on any atom is -0.435 e. The van der Waals surface area contributed by atoms with Gasteiger partial charge in [-0.2, -0.15) is 8.78 Å². The van der Waals surface area contributed by atoms with Crippen LogP contribution in [0.15, 0.2) is 58.3 Å². The summed E-state index contributed by atoms with van der Waals surface area (Å²) in [5.74, 6) is -0.374. The van der Waals surface area contributed by atoms with Gasteiger partial charge in [0.1, 0.15) is 5.75 Å². The van der Waals surface area contributed by atoms with Crippen LogP contribution in [0.25, 0.3) is 6.08 Å². The van der Waals surface area contributed by atoms with E-state index in [-0.39, 0.29) is 20.9 Å². The van der Waals surface area contributed by atoms with E-state index in [0.29, 0.717) is 16.2 Å². The van der Waals surface area contributed by atoms with Gasteiger partial charge in [-0.1, -0.05) is 36.1 Å². The molecule has 6 nitrogen and oxygen atoms in total. The molecule has 0 atom stereocenters. The first-order valence-corrected chi connectivity index (χ1v) is 10.4. The number of sulfonamides is 1. The van der Waals surface area contributed by atoms with Crippen molar-refractivity contribution in [3.05, 3.63) is 59.0 Å². The van der Waals surface area contributed by atoms with E-state index in [4.69, 9.17) is 17.4 Å². The number of alkyl halides is 2. The zero-order valence-corrected chi connectivity index (χ0v) is 16.4. The van der Waals surface area contributed by atoms with Crippen LogP contribution in [0.1, 0.15) is 5.56 Å². The Morgan fingerprint density at radius 2 is 1.71 bits per heavy atom. The van der Waals surface area contributed by atoms with E-state index in [1.165, 1.54) is 53.4 Å². The number of nitrogens with zero attached hydrogens (tertiary/aromatic N) is 1. The number of carbonyl (C=O) groups excluding carboxylic acids is 1. The number of nitrogens with two attached hydrogens (primary N) is 1. The molecule has 28 heavy (non-hydrogen) atoms. The molecule has 0 unspecified atom stereocenters. The van der Waals surface area contributed by atoms with Crippen molar-refractivity contribution in [2.75, 3.05) is 4.90 Å². The number of anilines is 1. The lowest BCUT2D eigenvalue weighted by molar-refractivity contribution is -0.113. The molecule has 11 heteroatoms. The quantitative estimate of drug-likeness (QED) is 0.564. The zero-order chi connectivity index (χ0) is 20.5. The lowest BCUT2D eigenvalue weighted by Gasteiger charge is -2.14. The number of thiocarbonyl (C=S) groups is 1. The van der Waals surface area contributed by atoms with Crippen LogP contribution in [-0.4, -0.2) is 25.3 Å². The second-order valence-corrected chi connectivity index (χ2v) is 8.74. The van der Waals surface area contributed by atoms with Gasteiger partial charge in [0.2, 0.25) is 10.0 Å². The molecule has 1 amide bonds. The molecule has 2 aromatic rings. The summed E-state index contributed by atoms with van der Waals surface area (Å²) in [5.41, 5.74) is 1.01. The van der Waals surface area contributed by atoms with Crippen LogP contribution in [-0.2, 0) is 14.8 Å². The molecule has 146 valence electrons. The molecule has 0 saturated carbocycles. The molecule has 0 radical (unpaired) electrons. The number of rotatable bonds is 5. The van der Waals surface area contributed by atoms with Crippen molar-refractivity contribution in [2.24, 2.45) is 5.14 Å². The lowest BCUT2D eigenvalue weighted by Crippen LogP contribution is -2.27. The van der Waals surface area contributed by atoms with Crippen molar-refractivity contribution < 1.29 is 26.7 Å². The third-order valence-electron chi connectivity index (χ3n) is 3.62. The summed E-state index contributed by atoms with van der Waals surface area (Å²) in [6.45, 7) is -2.91. The Hall–Kier alpha value is -2.34. The summed E-state index contributed by atoms with van der Waals surface area (Å²) < 4.78 is 51.6. The molecule has 1 aliphatic rings. The van der Waals surface area contributed by atoms with Crippen LogP contribution < -0.4 is 14.8 Å². The Morgan fingerprint density at radius 3 is 2.25 bits per heavy atom. The normalized spacial score (nSPS) is 16.3. The van der Waals surface area contributed by atoms with Gasteiger partial charge in [-0.15, -0.1) is 0 Å². The molecule has 0 aliphatic carbocycles. The van der Waals surface area contributed by atoms with Gasteiger partial charge in [-0.3, -0.25) is 9.69 Å². The SMILES string of the molecule is NS(=O)(=O)c1ccc(N2C(=O)C(=Cc3ccc(OC(F)F)cc3)SC2=S)cc1. The van der Waals surface area contributed by atoms with Crippen LogP contribution in [0.3, 0.4) is 0 Å². The molecular weight excluding hydrogens is 430 g/mol. The van der Waals surface area contributed by atoms with Crippen LogP contribution in [0.2, 0.25) is 0 Å². The highest BCUT2D eigenvalue weighted by Gasteiger charge is 2.33. The number of amides is 1. The van der Waals surface area contributed by atoms with E-state index in [1.807, 2.05) is 0 Å². The predicted octanol–water partition coefficient (Wildman–Crippen LogP) is 3.34. The fraction of sp³-hybridized carbons (Fsp3) is 0.0588. The maximum Gasteiger partial charge on any atom is 0.387 e. The first-order valence-electron chi connectivity index (χ1n) is 7.61. The molecule has 1 fully saturated rings. The average molecular weight is 442 g/mol. The highest BCUT2D eigenvalue weighted by molar-refractivity contribution is 8.27. The minimum absolute atomic E-state index is 0.00893. The number of hydrogen-bond donors (Lipinski definition) is 1. The number of halogens is 2. The fourth-order valence-corrected chi connectivity index (χ4v) is 4.19. The summed E-state index contributed by atoms with van der Waals surface area (Å²) in [6, 6.07) is 11.2. The molecule has 1 heterocycles. The zero-order valence-electron chi connectivity index (χ0n) is 13.9. The summed E-state index contributed by atoms with van der Waals surface area (Å²) in [5, 5.41) is 5.06. The van der Waals surface area contributed by atoms with E-state index in [2.05, 4.69) is 4.74 Å². The second-order valence-electron chi connectivity index (χ2n) is 5.50. The van der Waals surface area contributed by atoms with Crippen molar-refractivity contribution in [1.29, 1.82) is 0 Å². The minimum atomic E-state index is -3.84. The topological polar surface area (TPSA) is 89.7 Å². The number of carbonyl (C=O) groups is 1. The molecule has 0 bridgehead atoms. The summed E-state index contributed by atoms with van der Waals surface area (Å²) in [4.78, 5) is 14.2. The smallest absolute Gasteiger partial charge is 0.387 e. The van der Waals surface area contributed by atoms with Gasteiger partial charge in [0.15, 0.2) is 4.32 Å². The van der Waals surface area contributed by atoms with Gasteiger partial charge in [0, 0.05) is 0 Å². The van der Waals surface area contributed by atoms with Crippen molar-refractivity contribution in [3.8, 4) is 5.75 Å². The summed E-state index contributed by atoms with van der Waals surface area (Å²) in [7, 11) is -3.84. The predicted molar refractivity (Wildman–Crippen MR) is 107 cm³/mol. The molecular formula is C17H12F2N2O4S3. The van der Waals surface area contributed by atoms with Gasteiger partial charge < -0.3 is 4.74 Å². The largest absolute Gasteiger partial charge is 0.435 e. The molecule has 0 aromatic heterocycles. The summed E-state index contributed by atoms with van der Waals surface area (Å²) in [6.07, 6.45) is 1.57. The molecule has 2 N–H and O–H groups in total. The van der Waals surface area contributed by atoms with Crippen LogP contribution in [0.5, 0.6) is 5.75 Å². The van der Waals surface area contributed by atoms with Gasteiger partial charge >= 0.3 is 6.61 Å². The van der Waals surface area contributed by atoms with E-state index in [0.717, 1.165) is 11.8 Å². The lowest BCUT2D eigenvalue weighted by atomic mass is 10.2. The van der Waals surface area contributed by atoms with Gasteiger partial charge in [0.25, 0.3) is 5.91 Å². The number of thioether (sulfide) groups is 1. The number of hydrogen-bond acceptors (Lipinski definition) is 6. The van der Waals surface area contributed by atoms with E-state index >= 15 is 0 Å². The molecule has 1 saturated heterocycles. The van der Waals surface area contributed by atoms with Gasteiger partial charge in [0.05, 0.1) is 15.5 Å². The fourth-order valence-electron chi connectivity index (χ4n) is 2.37. The maximum atomic E-state index is 12.7. The first kappa shape index (κ1) is 20.4. The highest BCUT2D eigenvalue weighted by atomic mass is 32.2. The number of primary sulfonamides is 1. The standard InChI is InChI=1S/C17H12F2N2O4S3/c18-16(19)25-12-5-1-10(2-6-12)9-14-15(22)21(17(26)27-14)11-3-7-13(8-4-11)28(20,23)24/h1-9,16H,(H2,20,23,24). The van der Waals surface area contributed by atoms with Gasteiger partial charge in [-0.25, -0.2) is 13.6 Å². The Bertz CT molecular complexity index is 1050. The Labute approximate surface area is 169 Å². The van der Waals surface area contributed by atoms with E-state index < -0.39 is 16.6 Å². The van der Waals surface area contributed by atoms with Crippen molar-refractivity contribution in [1.82, 2.24) is 0 Å². The van der Waals surface area contributed by atoms with E-state index in [9.17, 15) is 22.0 Å². The summed E-state index contributed by atoms with van der Waals surface area (Å²) >= 11 is 6.32. The Balaban J connectivity index is 1.82. The van der Waals surface area contributed by atoms with Crippen molar-refractivity contribution in [2.45, 2.75) is 11.5 Å². The molecule has 3 rings (SSSR count). The second kappa shape index (κ2) is 7.95. The first-order chi connectivity index (χ1) is 13.1. The van der Waals surface area contributed by atoms with Crippen LogP contribution in [0.4, 0.5) is 14.5 Å². The average Bonchev–Trinajstić information content (AvgIpc) is 2.89. The van der Waals surface area contributed by atoms with Crippen molar-refractivity contribution in [3.63, 3.8) is 0 Å². The van der Waals surface area contributed by atoms with Crippen LogP contribution >= 0.6 is 24.0 Å². The number of benzene rings is 2. The van der Waals surface area contributed by atoms with E-state index in [1.54, 1.807) is 6.08 Å². The Kier molecular flexibility index (Phi) is 5.79. The maximum absolute atomic E-state index is 12.7. The molecule has 2 aromatic carbocycles. The monoisotopic (exact) mass is 442 g/mol. The third-order valence-corrected chi connectivity index (χ3v) is 5.85. The molecule has 1 aliphatic heterocycles. The third kappa shape index (κ3) is 4.55. The Morgan fingerprint density at radius 1 is 1.11 bits per heavy atom. The highest BCUT2D eigenvalue weighted by Crippen LogP contribution is 2.36. The number of ether oxygens (including phenoxy) is 1. The van der Waals surface area contributed by atoms with Gasteiger partial charge in [-0.05, 0) is 48.0 Å². The molecule has 0 spiro atoms. The van der Waals surface area contributed by atoms with Crippen LogP contribution in [0, 0.1) is 0 Å². The van der Waals surface area contributed by atoms with Crippen molar-refractivity contribution >= 4 is 56.0 Å².